The van der Waals surface area contributed by atoms with Gasteiger partial charge < -0.3 is 10.1 Å². The minimum atomic E-state index is -0.345. The van der Waals surface area contributed by atoms with Crippen LogP contribution < -0.4 is 10.1 Å². The molecule has 2 rings (SSSR count). The molecule has 1 aliphatic heterocycles. The van der Waals surface area contributed by atoms with E-state index in [0.29, 0.717) is 5.88 Å². The molecule has 1 N–H and O–H groups in total. The van der Waals surface area contributed by atoms with Gasteiger partial charge >= 0.3 is 0 Å². The van der Waals surface area contributed by atoms with Crippen LogP contribution in [0.5, 0.6) is 5.88 Å². The van der Waals surface area contributed by atoms with E-state index < -0.39 is 0 Å². The summed E-state index contributed by atoms with van der Waals surface area (Å²) in [7, 11) is 1.53. The Kier molecular flexibility index (Phi) is 2.45. The van der Waals surface area contributed by atoms with E-state index in [2.05, 4.69) is 10.3 Å². The molecule has 0 bridgehead atoms. The smallest absolute Gasteiger partial charge is 0.218 e. The van der Waals surface area contributed by atoms with Crippen LogP contribution in [0.3, 0.4) is 0 Å². The van der Waals surface area contributed by atoms with Crippen molar-refractivity contribution >= 4 is 0 Å². The molecule has 0 saturated carbocycles. The molecule has 0 saturated heterocycles. The molecular formula is C10H11FN2O. The molecule has 0 fully saturated rings. The molecule has 1 aromatic rings. The Labute approximate surface area is 81.6 Å². The van der Waals surface area contributed by atoms with Gasteiger partial charge in [-0.15, -0.1) is 0 Å². The molecule has 1 aromatic heterocycles. The van der Waals surface area contributed by atoms with Gasteiger partial charge in [0.05, 0.1) is 19.3 Å². The van der Waals surface area contributed by atoms with Crippen molar-refractivity contribution in [3.63, 3.8) is 0 Å². The van der Waals surface area contributed by atoms with Crippen LogP contribution in [0.15, 0.2) is 24.4 Å². The highest BCUT2D eigenvalue weighted by Gasteiger charge is 2.17. The Balaban J connectivity index is 2.38. The summed E-state index contributed by atoms with van der Waals surface area (Å²) < 4.78 is 18.0. The van der Waals surface area contributed by atoms with Gasteiger partial charge in [0.25, 0.3) is 0 Å². The second kappa shape index (κ2) is 3.75. The number of nitrogens with one attached hydrogen (secondary N) is 1. The number of hydrogen-bond donors (Lipinski definition) is 1. The summed E-state index contributed by atoms with van der Waals surface area (Å²) in [5.74, 6) is 0.123. The molecular weight excluding hydrogens is 183 g/mol. The van der Waals surface area contributed by atoms with Crippen LogP contribution in [0.25, 0.3) is 0 Å². The van der Waals surface area contributed by atoms with Crippen molar-refractivity contribution in [2.24, 2.45) is 0 Å². The molecule has 14 heavy (non-hydrogen) atoms. The molecule has 0 aromatic carbocycles. The zero-order chi connectivity index (χ0) is 9.97. The first-order valence-corrected chi connectivity index (χ1v) is 4.41. The van der Waals surface area contributed by atoms with E-state index in [4.69, 9.17) is 4.74 Å². The molecule has 0 spiro atoms. The van der Waals surface area contributed by atoms with Crippen LogP contribution >= 0.6 is 0 Å². The highest BCUT2D eigenvalue weighted by Crippen LogP contribution is 2.25. The van der Waals surface area contributed by atoms with Crippen molar-refractivity contribution in [2.45, 2.75) is 6.04 Å². The van der Waals surface area contributed by atoms with Crippen LogP contribution in [0.1, 0.15) is 11.6 Å². The quantitative estimate of drug-likeness (QED) is 0.723. The first-order chi connectivity index (χ1) is 6.81. The summed E-state index contributed by atoms with van der Waals surface area (Å²) in [6.45, 7) is 0.796. The van der Waals surface area contributed by atoms with Crippen molar-refractivity contribution in [1.82, 2.24) is 10.3 Å². The molecule has 0 aliphatic carbocycles. The van der Waals surface area contributed by atoms with Gasteiger partial charge in [-0.2, -0.15) is 0 Å². The molecule has 0 amide bonds. The van der Waals surface area contributed by atoms with E-state index in [9.17, 15) is 4.39 Å². The van der Waals surface area contributed by atoms with Gasteiger partial charge in [-0.25, -0.2) is 9.37 Å². The maximum atomic E-state index is 13.0. The molecule has 1 unspecified atom stereocenters. The predicted molar refractivity (Wildman–Crippen MR) is 50.6 cm³/mol. The minimum absolute atomic E-state index is 0.00755. The Hall–Kier alpha value is -1.42. The van der Waals surface area contributed by atoms with Crippen molar-refractivity contribution in [3.05, 3.63) is 35.8 Å². The van der Waals surface area contributed by atoms with E-state index in [0.717, 1.165) is 18.3 Å². The average Bonchev–Trinajstić information content (AvgIpc) is 2.70. The third kappa shape index (κ3) is 1.61. The van der Waals surface area contributed by atoms with E-state index in [1.807, 2.05) is 12.2 Å². The number of halogens is 1. The second-order valence-electron chi connectivity index (χ2n) is 3.07. The number of methoxy groups -OCH3 is 1. The Morgan fingerprint density at radius 2 is 2.50 bits per heavy atom. The van der Waals surface area contributed by atoms with Gasteiger partial charge in [0.1, 0.15) is 5.82 Å². The lowest BCUT2D eigenvalue weighted by Crippen LogP contribution is -2.15. The van der Waals surface area contributed by atoms with Gasteiger partial charge in [-0.1, -0.05) is 12.2 Å². The fourth-order valence-corrected chi connectivity index (χ4v) is 1.52. The SMILES string of the molecule is COc1ncc(F)cc1C1C=CCN1. The number of pyridine rings is 1. The Morgan fingerprint density at radius 3 is 3.14 bits per heavy atom. The zero-order valence-electron chi connectivity index (χ0n) is 7.83. The number of ether oxygens (including phenoxy) is 1. The van der Waals surface area contributed by atoms with E-state index in [1.54, 1.807) is 0 Å². The lowest BCUT2D eigenvalue weighted by atomic mass is 10.1. The predicted octanol–water partition coefficient (Wildman–Crippen LogP) is 1.43. The van der Waals surface area contributed by atoms with Crippen LogP contribution in [0.4, 0.5) is 4.39 Å². The largest absolute Gasteiger partial charge is 0.481 e. The molecule has 3 nitrogen and oxygen atoms in total. The fraction of sp³-hybridized carbons (Fsp3) is 0.300. The van der Waals surface area contributed by atoms with Crippen molar-refractivity contribution in [2.75, 3.05) is 13.7 Å². The zero-order valence-corrected chi connectivity index (χ0v) is 7.83. The van der Waals surface area contributed by atoms with Gasteiger partial charge in [0.15, 0.2) is 0 Å². The highest BCUT2D eigenvalue weighted by atomic mass is 19.1. The van der Waals surface area contributed by atoms with Gasteiger partial charge in [-0.05, 0) is 6.07 Å². The number of nitrogens with zero attached hydrogens (tertiary/aromatic N) is 1. The molecule has 2 heterocycles. The van der Waals surface area contributed by atoms with Crippen LogP contribution in [0, 0.1) is 5.82 Å². The maximum Gasteiger partial charge on any atom is 0.218 e. The van der Waals surface area contributed by atoms with Crippen LogP contribution in [0.2, 0.25) is 0 Å². The third-order valence-electron chi connectivity index (χ3n) is 2.16. The van der Waals surface area contributed by atoms with E-state index >= 15 is 0 Å². The summed E-state index contributed by atoms with van der Waals surface area (Å²) in [4.78, 5) is 3.87. The number of rotatable bonds is 2. The summed E-state index contributed by atoms with van der Waals surface area (Å²) >= 11 is 0. The lowest BCUT2D eigenvalue weighted by Gasteiger charge is -2.12. The minimum Gasteiger partial charge on any atom is -0.481 e. The first kappa shape index (κ1) is 9.15. The molecule has 1 atom stereocenters. The summed E-state index contributed by atoms with van der Waals surface area (Å²) in [5.41, 5.74) is 0.737. The third-order valence-corrected chi connectivity index (χ3v) is 2.16. The van der Waals surface area contributed by atoms with E-state index in [1.165, 1.54) is 13.2 Å². The van der Waals surface area contributed by atoms with Gasteiger partial charge in [0.2, 0.25) is 5.88 Å². The summed E-state index contributed by atoms with van der Waals surface area (Å²) in [6.07, 6.45) is 5.12. The Morgan fingerprint density at radius 1 is 1.64 bits per heavy atom. The monoisotopic (exact) mass is 194 g/mol. The van der Waals surface area contributed by atoms with E-state index in [-0.39, 0.29) is 11.9 Å². The molecule has 0 radical (unpaired) electrons. The highest BCUT2D eigenvalue weighted by molar-refractivity contribution is 5.33. The topological polar surface area (TPSA) is 34.1 Å². The molecule has 1 aliphatic rings. The van der Waals surface area contributed by atoms with Gasteiger partial charge in [-0.3, -0.25) is 0 Å². The fourth-order valence-electron chi connectivity index (χ4n) is 1.52. The average molecular weight is 194 g/mol. The summed E-state index contributed by atoms with van der Waals surface area (Å²) in [6, 6.07) is 1.45. The normalized spacial score (nSPS) is 20.0. The maximum absolute atomic E-state index is 13.0. The van der Waals surface area contributed by atoms with Crippen LogP contribution in [-0.2, 0) is 0 Å². The standard InChI is InChI=1S/C10H11FN2O/c1-14-10-8(5-7(11)6-13-10)9-3-2-4-12-9/h2-3,5-6,9,12H,4H2,1H3. The summed E-state index contributed by atoms with van der Waals surface area (Å²) in [5, 5.41) is 3.18. The lowest BCUT2D eigenvalue weighted by molar-refractivity contribution is 0.386. The number of aromatic nitrogens is 1. The number of hydrogen-bond acceptors (Lipinski definition) is 3. The van der Waals surface area contributed by atoms with Crippen LogP contribution in [-0.4, -0.2) is 18.6 Å². The second-order valence-corrected chi connectivity index (χ2v) is 3.07. The first-order valence-electron chi connectivity index (χ1n) is 4.41. The van der Waals surface area contributed by atoms with Crippen molar-refractivity contribution in [3.8, 4) is 5.88 Å². The van der Waals surface area contributed by atoms with Gasteiger partial charge in [0, 0.05) is 12.1 Å². The Bertz CT molecular complexity index is 365. The molecule has 74 valence electrons. The molecule has 4 heteroatoms. The van der Waals surface area contributed by atoms with Crippen molar-refractivity contribution < 1.29 is 9.13 Å². The van der Waals surface area contributed by atoms with Crippen molar-refractivity contribution in [1.29, 1.82) is 0 Å².